The standard InChI is InChI=1S/C26H23ClFN3O2S/c27-18-5-11-21(12-6-18)34-24-4-2-1-3-22(24)31-25(32)17-23(26(31)33)30-15-13-29(14-16-30)20-9-7-19(28)8-10-20/h1-12,23H,13-17H2/t23-/m0/s1. The Morgan fingerprint density at radius 3 is 2.24 bits per heavy atom. The lowest BCUT2D eigenvalue weighted by Gasteiger charge is -2.38. The summed E-state index contributed by atoms with van der Waals surface area (Å²) in [4.78, 5) is 33.9. The number of piperazine rings is 1. The topological polar surface area (TPSA) is 43.9 Å². The lowest BCUT2D eigenvalue weighted by molar-refractivity contribution is -0.123. The van der Waals surface area contributed by atoms with Crippen LogP contribution in [0.25, 0.3) is 0 Å². The van der Waals surface area contributed by atoms with Crippen molar-refractivity contribution in [2.75, 3.05) is 36.0 Å². The zero-order chi connectivity index (χ0) is 23.7. The first-order valence-corrected chi connectivity index (χ1v) is 12.3. The van der Waals surface area contributed by atoms with Crippen LogP contribution < -0.4 is 9.80 Å². The number of halogens is 2. The molecule has 174 valence electrons. The molecule has 2 saturated heterocycles. The molecule has 8 heteroatoms. The van der Waals surface area contributed by atoms with E-state index in [0.717, 1.165) is 15.5 Å². The molecule has 34 heavy (non-hydrogen) atoms. The second kappa shape index (κ2) is 9.78. The first-order valence-electron chi connectivity index (χ1n) is 11.1. The van der Waals surface area contributed by atoms with Crippen LogP contribution in [0.15, 0.2) is 82.6 Å². The van der Waals surface area contributed by atoms with Gasteiger partial charge in [0.05, 0.1) is 18.2 Å². The third-order valence-corrected chi connectivity index (χ3v) is 7.54. The Morgan fingerprint density at radius 2 is 1.53 bits per heavy atom. The molecule has 5 nitrogen and oxygen atoms in total. The van der Waals surface area contributed by atoms with Crippen LogP contribution in [0.5, 0.6) is 0 Å². The highest BCUT2D eigenvalue weighted by Crippen LogP contribution is 2.38. The van der Waals surface area contributed by atoms with Crippen molar-refractivity contribution < 1.29 is 14.0 Å². The molecule has 2 amide bonds. The third-order valence-electron chi connectivity index (χ3n) is 6.22. The number of hydrogen-bond donors (Lipinski definition) is 0. The molecule has 0 aliphatic carbocycles. The number of carbonyl (C=O) groups excluding carboxylic acids is 2. The van der Waals surface area contributed by atoms with E-state index in [1.165, 1.54) is 28.8 Å². The van der Waals surface area contributed by atoms with Gasteiger partial charge in [-0.15, -0.1) is 0 Å². The van der Waals surface area contributed by atoms with E-state index in [9.17, 15) is 14.0 Å². The number of rotatable bonds is 5. The summed E-state index contributed by atoms with van der Waals surface area (Å²) < 4.78 is 13.2. The predicted molar refractivity (Wildman–Crippen MR) is 133 cm³/mol. The van der Waals surface area contributed by atoms with E-state index in [0.29, 0.717) is 36.9 Å². The average molecular weight is 496 g/mol. The van der Waals surface area contributed by atoms with Crippen LogP contribution in [0.4, 0.5) is 15.8 Å². The fourth-order valence-electron chi connectivity index (χ4n) is 4.46. The van der Waals surface area contributed by atoms with Crippen molar-refractivity contribution in [3.63, 3.8) is 0 Å². The van der Waals surface area contributed by atoms with Crippen LogP contribution in [-0.2, 0) is 9.59 Å². The second-order valence-corrected chi connectivity index (χ2v) is 9.86. The van der Waals surface area contributed by atoms with Crippen LogP contribution in [0, 0.1) is 5.82 Å². The molecule has 0 unspecified atom stereocenters. The monoisotopic (exact) mass is 495 g/mol. The number of hydrogen-bond acceptors (Lipinski definition) is 5. The van der Waals surface area contributed by atoms with Gasteiger partial charge in [0.25, 0.3) is 5.91 Å². The van der Waals surface area contributed by atoms with Gasteiger partial charge in [0.2, 0.25) is 5.91 Å². The van der Waals surface area contributed by atoms with Crippen LogP contribution in [0.1, 0.15) is 6.42 Å². The summed E-state index contributed by atoms with van der Waals surface area (Å²) >= 11 is 7.50. The van der Waals surface area contributed by atoms with Crippen molar-refractivity contribution >= 4 is 46.6 Å². The zero-order valence-corrected chi connectivity index (χ0v) is 19.9. The minimum absolute atomic E-state index is 0.176. The number of imide groups is 1. The normalized spacial score (nSPS) is 19.2. The fraction of sp³-hybridized carbons (Fsp3) is 0.231. The molecule has 2 aliphatic rings. The molecule has 2 fully saturated rings. The Labute approximate surface area is 207 Å². The maximum Gasteiger partial charge on any atom is 0.251 e. The smallest absolute Gasteiger partial charge is 0.251 e. The van der Waals surface area contributed by atoms with Gasteiger partial charge in [-0.05, 0) is 60.7 Å². The van der Waals surface area contributed by atoms with E-state index in [4.69, 9.17) is 11.6 Å². The first-order chi connectivity index (χ1) is 16.5. The van der Waals surface area contributed by atoms with E-state index in [2.05, 4.69) is 9.80 Å². The van der Waals surface area contributed by atoms with Gasteiger partial charge in [0.15, 0.2) is 0 Å². The highest BCUT2D eigenvalue weighted by atomic mass is 35.5. The van der Waals surface area contributed by atoms with E-state index in [-0.39, 0.29) is 24.1 Å². The highest BCUT2D eigenvalue weighted by Gasteiger charge is 2.44. The van der Waals surface area contributed by atoms with Crippen molar-refractivity contribution in [1.82, 2.24) is 4.90 Å². The minimum Gasteiger partial charge on any atom is -0.369 e. The Morgan fingerprint density at radius 1 is 0.853 bits per heavy atom. The van der Waals surface area contributed by atoms with Crippen LogP contribution in [0.3, 0.4) is 0 Å². The predicted octanol–water partition coefficient (Wildman–Crippen LogP) is 5.08. The summed E-state index contributed by atoms with van der Waals surface area (Å²) in [5, 5.41) is 0.657. The van der Waals surface area contributed by atoms with Gasteiger partial charge in [-0.1, -0.05) is 35.5 Å². The second-order valence-electron chi connectivity index (χ2n) is 8.31. The number of para-hydroxylation sites is 1. The molecule has 0 saturated carbocycles. The average Bonchev–Trinajstić information content (AvgIpc) is 3.15. The Bertz CT molecular complexity index is 1200. The SMILES string of the molecule is O=C1C[C@H](N2CCN(c3ccc(F)cc3)CC2)C(=O)N1c1ccccc1Sc1ccc(Cl)cc1. The van der Waals surface area contributed by atoms with Gasteiger partial charge in [0.1, 0.15) is 5.82 Å². The van der Waals surface area contributed by atoms with Gasteiger partial charge in [0, 0.05) is 46.7 Å². The summed E-state index contributed by atoms with van der Waals surface area (Å²) in [6.45, 7) is 2.76. The van der Waals surface area contributed by atoms with Gasteiger partial charge < -0.3 is 4.90 Å². The minimum atomic E-state index is -0.462. The number of amides is 2. The number of carbonyl (C=O) groups is 2. The van der Waals surface area contributed by atoms with Gasteiger partial charge in [-0.3, -0.25) is 14.5 Å². The number of anilines is 2. The molecule has 3 aromatic carbocycles. The summed E-state index contributed by atoms with van der Waals surface area (Å²) in [5.74, 6) is -0.614. The van der Waals surface area contributed by atoms with Gasteiger partial charge in [-0.25, -0.2) is 9.29 Å². The van der Waals surface area contributed by atoms with Crippen molar-refractivity contribution in [3.05, 3.63) is 83.6 Å². The lowest BCUT2D eigenvalue weighted by Crippen LogP contribution is -2.52. The van der Waals surface area contributed by atoms with E-state index in [1.54, 1.807) is 12.1 Å². The fourth-order valence-corrected chi connectivity index (χ4v) is 5.52. The molecule has 0 N–H and O–H groups in total. The molecule has 5 rings (SSSR count). The summed E-state index contributed by atoms with van der Waals surface area (Å²) in [6, 6.07) is 21.0. The van der Waals surface area contributed by atoms with E-state index < -0.39 is 6.04 Å². The largest absolute Gasteiger partial charge is 0.369 e. The Hall–Kier alpha value is -2.87. The third kappa shape index (κ3) is 4.69. The van der Waals surface area contributed by atoms with E-state index >= 15 is 0 Å². The molecule has 2 aliphatic heterocycles. The molecule has 1 atom stereocenters. The Balaban J connectivity index is 1.30. The zero-order valence-electron chi connectivity index (χ0n) is 18.4. The molecular formula is C26H23ClFN3O2S. The summed E-state index contributed by atoms with van der Waals surface area (Å²) in [7, 11) is 0. The first kappa shape index (κ1) is 22.9. The quantitative estimate of drug-likeness (QED) is 0.462. The summed E-state index contributed by atoms with van der Waals surface area (Å²) in [6.07, 6.45) is 0.176. The molecule has 0 aromatic heterocycles. The maximum atomic E-state index is 13.4. The molecule has 2 heterocycles. The van der Waals surface area contributed by atoms with Crippen molar-refractivity contribution in [2.45, 2.75) is 22.3 Å². The van der Waals surface area contributed by atoms with Crippen molar-refractivity contribution in [3.8, 4) is 0 Å². The maximum absolute atomic E-state index is 13.4. The summed E-state index contributed by atoms with van der Waals surface area (Å²) in [5.41, 5.74) is 1.58. The molecule has 0 spiro atoms. The molecular weight excluding hydrogens is 473 g/mol. The molecule has 3 aromatic rings. The van der Waals surface area contributed by atoms with Crippen LogP contribution in [-0.4, -0.2) is 48.9 Å². The van der Waals surface area contributed by atoms with Crippen molar-refractivity contribution in [2.24, 2.45) is 0 Å². The van der Waals surface area contributed by atoms with Crippen molar-refractivity contribution in [1.29, 1.82) is 0 Å². The van der Waals surface area contributed by atoms with Gasteiger partial charge >= 0.3 is 0 Å². The Kier molecular flexibility index (Phi) is 6.59. The van der Waals surface area contributed by atoms with E-state index in [1.807, 2.05) is 48.5 Å². The lowest BCUT2D eigenvalue weighted by atomic mass is 10.1. The van der Waals surface area contributed by atoms with Gasteiger partial charge in [-0.2, -0.15) is 0 Å². The number of nitrogens with zero attached hydrogens (tertiary/aromatic N) is 3. The number of benzene rings is 3. The molecule has 0 bridgehead atoms. The van der Waals surface area contributed by atoms with Crippen LogP contribution in [0.2, 0.25) is 5.02 Å². The van der Waals surface area contributed by atoms with Crippen LogP contribution >= 0.6 is 23.4 Å². The molecule has 0 radical (unpaired) electrons. The highest BCUT2D eigenvalue weighted by molar-refractivity contribution is 7.99.